The summed E-state index contributed by atoms with van der Waals surface area (Å²) in [5.41, 5.74) is -1.24. The van der Waals surface area contributed by atoms with E-state index < -0.39 is 41.6 Å². The molecule has 0 aromatic carbocycles. The lowest BCUT2D eigenvalue weighted by molar-refractivity contribution is -0.142. The molecule has 2 rings (SSSR count). The van der Waals surface area contributed by atoms with Crippen molar-refractivity contribution in [2.24, 2.45) is 11.8 Å². The predicted octanol–water partition coefficient (Wildman–Crippen LogP) is 3.09. The molecule has 11 nitrogen and oxygen atoms in total. The Morgan fingerprint density at radius 3 is 2.51 bits per heavy atom. The van der Waals surface area contributed by atoms with Crippen LogP contribution in [0.4, 0.5) is 4.79 Å². The number of urea groups is 1. The number of hydrogen-bond donors (Lipinski definition) is 4. The van der Waals surface area contributed by atoms with Crippen molar-refractivity contribution in [2.45, 2.75) is 90.9 Å². The van der Waals surface area contributed by atoms with E-state index in [-0.39, 0.29) is 43.8 Å². The van der Waals surface area contributed by atoms with E-state index in [4.69, 9.17) is 2.74 Å². The highest BCUT2D eigenvalue weighted by molar-refractivity contribution is 7.09. The molecule has 1 aromatic rings. The maximum absolute atomic E-state index is 14.0. The number of aromatic carboxylic acids is 1. The second-order valence-electron chi connectivity index (χ2n) is 10.7. The molecular formula is C27H46N6O5S. The van der Waals surface area contributed by atoms with Gasteiger partial charge < -0.3 is 26.0 Å². The van der Waals surface area contributed by atoms with E-state index in [1.807, 2.05) is 27.7 Å². The zero-order valence-electron chi connectivity index (χ0n) is 26.0. The highest BCUT2D eigenvalue weighted by Gasteiger charge is 2.43. The van der Waals surface area contributed by atoms with Crippen LogP contribution in [0.15, 0.2) is 5.38 Å². The molecule has 1 aliphatic heterocycles. The number of likely N-dealkylation sites (N-methyl/N-ethyl adjacent to an activating group) is 2. The Bertz CT molecular complexity index is 1060. The Balaban J connectivity index is 2.36. The molecule has 1 fully saturated rings. The lowest BCUT2D eigenvalue weighted by Gasteiger charge is -2.38. The predicted molar refractivity (Wildman–Crippen MR) is 152 cm³/mol. The third kappa shape index (κ3) is 7.91. The fraction of sp³-hybridized carbons (Fsp3) is 0.741. The zero-order chi connectivity index (χ0) is 30.9. The molecule has 0 spiro atoms. The molecule has 1 saturated heterocycles. The maximum atomic E-state index is 14.0. The molecule has 0 saturated carbocycles. The van der Waals surface area contributed by atoms with Gasteiger partial charge in [-0.15, -0.1) is 11.3 Å². The molecule has 1 aromatic heterocycles. The fourth-order valence-corrected chi connectivity index (χ4v) is 5.65. The summed E-state index contributed by atoms with van der Waals surface area (Å²) in [4.78, 5) is 59.1. The number of carbonyl (C=O) groups excluding carboxylic acids is 3. The van der Waals surface area contributed by atoms with Crippen molar-refractivity contribution >= 4 is 35.2 Å². The third-order valence-corrected chi connectivity index (χ3v) is 8.54. The van der Waals surface area contributed by atoms with Crippen molar-refractivity contribution in [3.05, 3.63) is 16.1 Å². The number of likely N-dealkylation sites (tertiary alicyclic amines) is 1. The minimum Gasteiger partial charge on any atom is -0.476 e. The molecule has 39 heavy (non-hydrogen) atoms. The Morgan fingerprint density at radius 1 is 1.26 bits per heavy atom. The second kappa shape index (κ2) is 14.1. The summed E-state index contributed by atoms with van der Waals surface area (Å²) in [5.74, 6) is -2.10. The molecule has 220 valence electrons. The summed E-state index contributed by atoms with van der Waals surface area (Å²) < 4.78 is 16.0. The first-order chi connectivity index (χ1) is 19.4. The number of aromatic nitrogens is 1. The first-order valence-corrected chi connectivity index (χ1v) is 14.4. The smallest absolute Gasteiger partial charge is 0.355 e. The number of thiazole rings is 1. The van der Waals surface area contributed by atoms with Gasteiger partial charge in [-0.05, 0) is 58.5 Å². The van der Waals surface area contributed by atoms with Crippen LogP contribution in [0.1, 0.15) is 91.5 Å². The lowest BCUT2D eigenvalue weighted by Crippen LogP contribution is -2.60. The Morgan fingerprint density at radius 2 is 1.97 bits per heavy atom. The van der Waals surface area contributed by atoms with E-state index in [1.54, 1.807) is 23.8 Å². The van der Waals surface area contributed by atoms with E-state index in [0.29, 0.717) is 37.4 Å². The van der Waals surface area contributed by atoms with Crippen LogP contribution < -0.4 is 16.0 Å². The quantitative estimate of drug-likeness (QED) is 0.286. The van der Waals surface area contributed by atoms with Gasteiger partial charge in [-0.25, -0.2) is 14.6 Å². The molecule has 12 heteroatoms. The van der Waals surface area contributed by atoms with E-state index in [1.165, 1.54) is 5.38 Å². The molecular weight excluding hydrogens is 520 g/mol. The number of carboxylic acids is 1. The summed E-state index contributed by atoms with van der Waals surface area (Å²) in [7, 11) is 1.58. The number of carboxylic acid groups (broad SMARTS) is 1. The number of hydrogen-bond acceptors (Lipinski definition) is 7. The van der Waals surface area contributed by atoms with Gasteiger partial charge in [0.05, 0.1) is 11.6 Å². The molecule has 0 aliphatic carbocycles. The van der Waals surface area contributed by atoms with Gasteiger partial charge in [0, 0.05) is 27.8 Å². The molecule has 0 bridgehead atoms. The van der Waals surface area contributed by atoms with Crippen LogP contribution in [0, 0.1) is 11.8 Å². The standard InChI is InChI=1S/C27H46N6O5S/c1-9-17(5)21(31-25(37)27(6)12-11-13-32(27)7)23(34)33(8)20(16(3)4)14-18(30-26(38)28-10-2)22-29-19(15-39-22)24(35)36/h15-18,20-21H,9-14H2,1-8H3,(H,31,37)(H,35,36)(H2,28,30,38)/t17-,18+,20+,21-,27-/m0/s1/i6D,7D. The van der Waals surface area contributed by atoms with E-state index in [0.717, 1.165) is 11.3 Å². The van der Waals surface area contributed by atoms with Crippen molar-refractivity contribution < 1.29 is 27.0 Å². The monoisotopic (exact) mass is 568 g/mol. The molecule has 4 N–H and O–H groups in total. The minimum atomic E-state index is -1.17. The summed E-state index contributed by atoms with van der Waals surface area (Å²) in [6.07, 6.45) is 2.08. The van der Waals surface area contributed by atoms with Crippen LogP contribution in [-0.2, 0) is 9.59 Å². The first-order valence-electron chi connectivity index (χ1n) is 14.9. The first kappa shape index (κ1) is 29.3. The number of nitrogens with zero attached hydrogens (tertiary/aromatic N) is 3. The van der Waals surface area contributed by atoms with Gasteiger partial charge in [0.15, 0.2) is 5.69 Å². The number of amides is 4. The van der Waals surface area contributed by atoms with Crippen LogP contribution in [0.5, 0.6) is 0 Å². The van der Waals surface area contributed by atoms with E-state index in [2.05, 4.69) is 20.9 Å². The van der Waals surface area contributed by atoms with Gasteiger partial charge in [-0.3, -0.25) is 14.5 Å². The van der Waals surface area contributed by atoms with Gasteiger partial charge >= 0.3 is 12.0 Å². The third-order valence-electron chi connectivity index (χ3n) is 7.59. The molecule has 4 amide bonds. The van der Waals surface area contributed by atoms with Gasteiger partial charge in [-0.2, -0.15) is 0 Å². The van der Waals surface area contributed by atoms with Gasteiger partial charge in [-0.1, -0.05) is 34.1 Å². The number of carbonyl (C=O) groups is 4. The second-order valence-corrected chi connectivity index (χ2v) is 11.6. The van der Waals surface area contributed by atoms with Crippen LogP contribution in [0.2, 0.25) is 0 Å². The Hall–Kier alpha value is -2.73. The molecule has 5 atom stereocenters. The van der Waals surface area contributed by atoms with Crippen molar-refractivity contribution in [1.82, 2.24) is 30.7 Å². The summed E-state index contributed by atoms with van der Waals surface area (Å²) in [5, 5.41) is 19.7. The molecule has 1 aliphatic rings. The fourth-order valence-electron chi connectivity index (χ4n) is 4.79. The normalized spacial score (nSPS) is 21.3. The van der Waals surface area contributed by atoms with Crippen molar-refractivity contribution in [2.75, 3.05) is 27.2 Å². The average Bonchev–Trinajstić information content (AvgIpc) is 3.60. The van der Waals surface area contributed by atoms with E-state index >= 15 is 0 Å². The Kier molecular flexibility index (Phi) is 10.6. The van der Waals surface area contributed by atoms with Crippen molar-refractivity contribution in [1.29, 1.82) is 0 Å². The van der Waals surface area contributed by atoms with Crippen molar-refractivity contribution in [3.8, 4) is 0 Å². The maximum Gasteiger partial charge on any atom is 0.355 e. The van der Waals surface area contributed by atoms with E-state index in [9.17, 15) is 24.3 Å². The summed E-state index contributed by atoms with van der Waals surface area (Å²) in [6.45, 7) is 10.3. The van der Waals surface area contributed by atoms with Crippen molar-refractivity contribution in [3.63, 3.8) is 0 Å². The summed E-state index contributed by atoms with van der Waals surface area (Å²) >= 11 is 1.13. The summed E-state index contributed by atoms with van der Waals surface area (Å²) in [6, 6.07) is -2.32. The molecule has 0 radical (unpaired) electrons. The largest absolute Gasteiger partial charge is 0.476 e. The van der Waals surface area contributed by atoms with Crippen LogP contribution in [0.3, 0.4) is 0 Å². The van der Waals surface area contributed by atoms with Gasteiger partial charge in [0.1, 0.15) is 11.0 Å². The van der Waals surface area contributed by atoms with Crippen LogP contribution >= 0.6 is 11.3 Å². The topological polar surface area (TPSA) is 144 Å². The number of rotatable bonds is 13. The number of nitrogens with one attached hydrogen (secondary N) is 3. The highest BCUT2D eigenvalue weighted by Crippen LogP contribution is 2.30. The average molecular weight is 569 g/mol. The van der Waals surface area contributed by atoms with Crippen LogP contribution in [-0.4, -0.2) is 88.5 Å². The highest BCUT2D eigenvalue weighted by atomic mass is 32.1. The minimum absolute atomic E-state index is 0.0529. The molecule has 2 heterocycles. The van der Waals surface area contributed by atoms with Crippen LogP contribution in [0.25, 0.3) is 0 Å². The van der Waals surface area contributed by atoms with Gasteiger partial charge in [0.25, 0.3) is 0 Å². The van der Waals surface area contributed by atoms with Gasteiger partial charge in [0.2, 0.25) is 11.8 Å². The molecule has 0 unspecified atom stereocenters. The zero-order valence-corrected chi connectivity index (χ0v) is 24.8. The lowest BCUT2D eigenvalue weighted by atomic mass is 9.91. The Labute approximate surface area is 238 Å². The SMILES string of the molecule is [2H]CN1CCC[C@@]1(C[2H])C(=O)N[C@H](C(=O)N(C)[C@H](C[C@@H](NC(=O)NCC)c1nc(C(=O)O)cs1)C(C)C)[C@@H](C)CC.